The summed E-state index contributed by atoms with van der Waals surface area (Å²) in [7, 11) is 0. The quantitative estimate of drug-likeness (QED) is 0.692. The van der Waals surface area contributed by atoms with E-state index in [1.54, 1.807) is 0 Å². The Morgan fingerprint density at radius 1 is 1.27 bits per heavy atom. The van der Waals surface area contributed by atoms with Gasteiger partial charge in [-0.2, -0.15) is 0 Å². The third-order valence-electron chi connectivity index (χ3n) is 3.63. The van der Waals surface area contributed by atoms with Crippen molar-refractivity contribution in [3.8, 4) is 0 Å². The molecule has 1 aliphatic rings. The van der Waals surface area contributed by atoms with E-state index in [1.807, 2.05) is 0 Å². The number of carbonyl (C=O) groups is 2. The molecule has 1 unspecified atom stereocenters. The molecule has 120 valence electrons. The standard InChI is InChI=1S/C16H22FN3O2/c17-13-7-5-12(6-8-13)16(22)19-10-2-4-15(21)20-14-3-1-9-18-11-14/h5-8,14,18H,1-4,9-11H2,(H,19,22)(H,20,21). The first kappa shape index (κ1) is 16.4. The van der Waals surface area contributed by atoms with Crippen LogP contribution in [0, 0.1) is 5.82 Å². The Labute approximate surface area is 129 Å². The summed E-state index contributed by atoms with van der Waals surface area (Å²) in [5, 5.41) is 8.96. The van der Waals surface area contributed by atoms with E-state index in [2.05, 4.69) is 16.0 Å². The largest absolute Gasteiger partial charge is 0.352 e. The molecule has 1 fully saturated rings. The molecular formula is C16H22FN3O2. The summed E-state index contributed by atoms with van der Waals surface area (Å²) in [5.74, 6) is -0.605. The van der Waals surface area contributed by atoms with E-state index < -0.39 is 0 Å². The number of carbonyl (C=O) groups excluding carboxylic acids is 2. The molecule has 0 aliphatic carbocycles. The van der Waals surface area contributed by atoms with Crippen molar-refractivity contribution in [2.45, 2.75) is 31.7 Å². The second kappa shape index (κ2) is 8.48. The van der Waals surface area contributed by atoms with Crippen molar-refractivity contribution < 1.29 is 14.0 Å². The molecule has 3 N–H and O–H groups in total. The van der Waals surface area contributed by atoms with Crippen LogP contribution in [0.2, 0.25) is 0 Å². The van der Waals surface area contributed by atoms with Gasteiger partial charge in [0.2, 0.25) is 5.91 Å². The van der Waals surface area contributed by atoms with Gasteiger partial charge in [-0.3, -0.25) is 9.59 Å². The fraction of sp³-hybridized carbons (Fsp3) is 0.500. The molecule has 0 radical (unpaired) electrons. The second-order valence-corrected chi connectivity index (χ2v) is 5.48. The summed E-state index contributed by atoms with van der Waals surface area (Å²) in [4.78, 5) is 23.5. The van der Waals surface area contributed by atoms with Gasteiger partial charge in [-0.25, -0.2) is 4.39 Å². The topological polar surface area (TPSA) is 70.2 Å². The molecule has 2 rings (SSSR count). The maximum Gasteiger partial charge on any atom is 0.251 e. The third kappa shape index (κ3) is 5.44. The number of nitrogens with one attached hydrogen (secondary N) is 3. The minimum Gasteiger partial charge on any atom is -0.352 e. The molecule has 1 atom stereocenters. The van der Waals surface area contributed by atoms with Crippen LogP contribution >= 0.6 is 0 Å². The number of hydrogen-bond donors (Lipinski definition) is 3. The zero-order valence-electron chi connectivity index (χ0n) is 12.5. The van der Waals surface area contributed by atoms with Gasteiger partial charge >= 0.3 is 0 Å². The Morgan fingerprint density at radius 2 is 2.05 bits per heavy atom. The summed E-state index contributed by atoms with van der Waals surface area (Å²) < 4.78 is 12.8. The van der Waals surface area contributed by atoms with Gasteiger partial charge in [0.15, 0.2) is 0 Å². The van der Waals surface area contributed by atoms with Gasteiger partial charge in [-0.15, -0.1) is 0 Å². The SMILES string of the molecule is O=C(CCCNC(=O)c1ccc(F)cc1)NC1CCCNC1. The second-order valence-electron chi connectivity index (χ2n) is 5.48. The van der Waals surface area contributed by atoms with Gasteiger partial charge in [0.05, 0.1) is 0 Å². The molecular weight excluding hydrogens is 285 g/mol. The minimum absolute atomic E-state index is 0.0183. The molecule has 22 heavy (non-hydrogen) atoms. The Balaban J connectivity index is 1.61. The highest BCUT2D eigenvalue weighted by Crippen LogP contribution is 2.03. The highest BCUT2D eigenvalue weighted by atomic mass is 19.1. The van der Waals surface area contributed by atoms with Gasteiger partial charge in [-0.1, -0.05) is 0 Å². The number of piperidine rings is 1. The molecule has 2 amide bonds. The van der Waals surface area contributed by atoms with Crippen LogP contribution in [0.3, 0.4) is 0 Å². The number of benzene rings is 1. The number of amides is 2. The van der Waals surface area contributed by atoms with Crippen LogP contribution in [0.25, 0.3) is 0 Å². The first-order chi connectivity index (χ1) is 10.6. The molecule has 1 heterocycles. The lowest BCUT2D eigenvalue weighted by molar-refractivity contribution is -0.122. The van der Waals surface area contributed by atoms with Gasteiger partial charge in [0.1, 0.15) is 5.82 Å². The molecule has 1 saturated heterocycles. The van der Waals surface area contributed by atoms with Crippen LogP contribution in [0.1, 0.15) is 36.0 Å². The summed E-state index contributed by atoms with van der Waals surface area (Å²) in [6.07, 6.45) is 3.07. The number of rotatable bonds is 6. The van der Waals surface area contributed by atoms with Gasteiger partial charge in [0.25, 0.3) is 5.91 Å². The molecule has 5 nitrogen and oxygen atoms in total. The monoisotopic (exact) mass is 307 g/mol. The molecule has 0 aromatic heterocycles. The molecule has 1 aliphatic heterocycles. The van der Waals surface area contributed by atoms with E-state index in [-0.39, 0.29) is 23.7 Å². The van der Waals surface area contributed by atoms with Gasteiger partial charge in [-0.05, 0) is 50.1 Å². The van der Waals surface area contributed by atoms with Crippen molar-refractivity contribution in [1.29, 1.82) is 0 Å². The van der Waals surface area contributed by atoms with E-state index in [4.69, 9.17) is 0 Å². The highest BCUT2D eigenvalue weighted by Gasteiger charge is 2.14. The fourth-order valence-corrected chi connectivity index (χ4v) is 2.43. The zero-order valence-corrected chi connectivity index (χ0v) is 12.5. The predicted molar refractivity (Wildman–Crippen MR) is 82.0 cm³/mol. The Morgan fingerprint density at radius 3 is 2.73 bits per heavy atom. The van der Waals surface area contributed by atoms with Crippen LogP contribution in [-0.4, -0.2) is 37.5 Å². The average molecular weight is 307 g/mol. The maximum absolute atomic E-state index is 12.8. The smallest absolute Gasteiger partial charge is 0.251 e. The Bertz CT molecular complexity index is 499. The summed E-state index contributed by atoms with van der Waals surface area (Å²) >= 11 is 0. The van der Waals surface area contributed by atoms with Crippen molar-refractivity contribution in [2.75, 3.05) is 19.6 Å². The average Bonchev–Trinajstić information content (AvgIpc) is 2.53. The zero-order chi connectivity index (χ0) is 15.8. The maximum atomic E-state index is 12.8. The molecule has 6 heteroatoms. The summed E-state index contributed by atoms with van der Waals surface area (Å²) in [6.45, 7) is 2.27. The molecule has 1 aromatic carbocycles. The van der Waals surface area contributed by atoms with Gasteiger partial charge < -0.3 is 16.0 Å². The van der Waals surface area contributed by atoms with Crippen molar-refractivity contribution in [1.82, 2.24) is 16.0 Å². The van der Waals surface area contributed by atoms with Crippen LogP contribution in [0.4, 0.5) is 4.39 Å². The van der Waals surface area contributed by atoms with E-state index in [9.17, 15) is 14.0 Å². The van der Waals surface area contributed by atoms with Crippen molar-refractivity contribution in [3.05, 3.63) is 35.6 Å². The van der Waals surface area contributed by atoms with Crippen molar-refractivity contribution in [3.63, 3.8) is 0 Å². The fourth-order valence-electron chi connectivity index (χ4n) is 2.43. The molecule has 0 saturated carbocycles. The van der Waals surface area contributed by atoms with Crippen LogP contribution in [0.5, 0.6) is 0 Å². The first-order valence-electron chi connectivity index (χ1n) is 7.69. The normalized spacial score (nSPS) is 17.8. The lowest BCUT2D eigenvalue weighted by Gasteiger charge is -2.23. The molecule has 1 aromatic rings. The van der Waals surface area contributed by atoms with Crippen LogP contribution in [-0.2, 0) is 4.79 Å². The lowest BCUT2D eigenvalue weighted by Crippen LogP contribution is -2.45. The predicted octanol–water partition coefficient (Wildman–Crippen LogP) is 1.20. The molecule has 0 bridgehead atoms. The summed E-state index contributed by atoms with van der Waals surface area (Å²) in [5.41, 5.74) is 0.416. The number of hydrogen-bond acceptors (Lipinski definition) is 3. The third-order valence-corrected chi connectivity index (χ3v) is 3.63. The van der Waals surface area contributed by atoms with Crippen LogP contribution < -0.4 is 16.0 Å². The first-order valence-corrected chi connectivity index (χ1v) is 7.69. The van der Waals surface area contributed by atoms with E-state index in [0.29, 0.717) is 24.9 Å². The Hall–Kier alpha value is -1.95. The Kier molecular flexibility index (Phi) is 6.33. The van der Waals surface area contributed by atoms with E-state index in [1.165, 1.54) is 24.3 Å². The lowest BCUT2D eigenvalue weighted by atomic mass is 10.1. The van der Waals surface area contributed by atoms with Crippen LogP contribution in [0.15, 0.2) is 24.3 Å². The highest BCUT2D eigenvalue weighted by molar-refractivity contribution is 5.94. The van der Waals surface area contributed by atoms with E-state index in [0.717, 1.165) is 25.9 Å². The summed E-state index contributed by atoms with van der Waals surface area (Å²) in [6, 6.07) is 5.59. The van der Waals surface area contributed by atoms with Crippen molar-refractivity contribution >= 4 is 11.8 Å². The number of halogens is 1. The van der Waals surface area contributed by atoms with E-state index >= 15 is 0 Å². The van der Waals surface area contributed by atoms with Crippen molar-refractivity contribution in [2.24, 2.45) is 0 Å². The van der Waals surface area contributed by atoms with Gasteiger partial charge in [0, 0.05) is 31.1 Å². The minimum atomic E-state index is -0.370. The molecule has 0 spiro atoms.